The second-order valence-electron chi connectivity index (χ2n) is 7.72. The minimum atomic E-state index is -0.701. The number of aromatic amines is 1. The number of nitrogens with zero attached hydrogens (tertiary/aromatic N) is 5. The quantitative estimate of drug-likeness (QED) is 0.318. The number of imidazole rings is 1. The van der Waals surface area contributed by atoms with Crippen LogP contribution in [-0.4, -0.2) is 37.0 Å². The molecule has 2 N–H and O–H groups in total. The number of hydrogen-bond acceptors (Lipinski definition) is 7. The van der Waals surface area contributed by atoms with E-state index in [1.807, 2.05) is 6.92 Å². The Kier molecular flexibility index (Phi) is 5.96. The van der Waals surface area contributed by atoms with Crippen LogP contribution in [0.25, 0.3) is 33.4 Å². The molecule has 0 bridgehead atoms. The summed E-state index contributed by atoms with van der Waals surface area (Å²) < 4.78 is 33.6. The van der Waals surface area contributed by atoms with E-state index in [0.29, 0.717) is 49.8 Å². The number of halogens is 3. The van der Waals surface area contributed by atoms with Crippen LogP contribution in [0, 0.1) is 11.6 Å². The lowest BCUT2D eigenvalue weighted by molar-refractivity contribution is 0.380. The zero-order valence-corrected chi connectivity index (χ0v) is 19.3. The van der Waals surface area contributed by atoms with Crippen LogP contribution in [0.15, 0.2) is 55.4 Å². The Morgan fingerprint density at radius 3 is 2.40 bits per heavy atom. The number of aromatic nitrogens is 6. The van der Waals surface area contributed by atoms with Gasteiger partial charge in [0.05, 0.1) is 19.5 Å². The summed E-state index contributed by atoms with van der Waals surface area (Å²) in [5, 5.41) is 3.76. The Bertz CT molecular complexity index is 1500. The molecular formula is C24H18ClF2N7O. The first kappa shape index (κ1) is 22.6. The van der Waals surface area contributed by atoms with E-state index < -0.39 is 17.7 Å². The van der Waals surface area contributed by atoms with Crippen molar-refractivity contribution >= 4 is 28.6 Å². The Hall–Kier alpha value is -4.18. The fourth-order valence-corrected chi connectivity index (χ4v) is 4.16. The monoisotopic (exact) mass is 493 g/mol. The summed E-state index contributed by atoms with van der Waals surface area (Å²) in [6, 6.07) is 6.62. The highest BCUT2D eigenvalue weighted by atomic mass is 35.5. The molecule has 0 fully saturated rings. The number of H-pyrrole nitrogens is 1. The highest BCUT2D eigenvalue weighted by Crippen LogP contribution is 2.41. The molecule has 1 unspecified atom stereocenters. The van der Waals surface area contributed by atoms with Gasteiger partial charge in [-0.05, 0) is 53.4 Å². The number of fused-ring (bicyclic) bond motifs is 1. The minimum absolute atomic E-state index is 0.191. The van der Waals surface area contributed by atoms with Crippen LogP contribution in [0.1, 0.15) is 18.5 Å². The molecular weight excluding hydrogens is 476 g/mol. The van der Waals surface area contributed by atoms with Gasteiger partial charge in [-0.25, -0.2) is 33.7 Å². The van der Waals surface area contributed by atoms with Crippen molar-refractivity contribution in [2.45, 2.75) is 13.0 Å². The maximum atomic E-state index is 14.3. The molecule has 0 aliphatic carbocycles. The minimum Gasteiger partial charge on any atom is -0.467 e. The number of rotatable bonds is 6. The number of nitrogens with one attached hydrogen (secondary N) is 2. The Balaban J connectivity index is 1.70. The highest BCUT2D eigenvalue weighted by molar-refractivity contribution is 6.31. The smallest absolute Gasteiger partial charge is 0.316 e. The van der Waals surface area contributed by atoms with Gasteiger partial charge in [-0.2, -0.15) is 0 Å². The van der Waals surface area contributed by atoms with Crippen LogP contribution < -0.4 is 10.1 Å². The van der Waals surface area contributed by atoms with E-state index in [4.69, 9.17) is 16.3 Å². The van der Waals surface area contributed by atoms with Crippen molar-refractivity contribution < 1.29 is 13.5 Å². The van der Waals surface area contributed by atoms with Crippen molar-refractivity contribution in [3.63, 3.8) is 0 Å². The standard InChI is InChI=1S/C24H18ClF2N7O/c1-12(34-23-21-22(31-10-30-21)32-11-33-23)18-5-15(25)6-19(14-8-28-24(35-2)29-9-14)20(18)13-3-16(26)7-17(27)4-13/h3-12H,1-2H3,(H2,30,31,32,33,34). The van der Waals surface area contributed by atoms with E-state index in [-0.39, 0.29) is 6.01 Å². The van der Waals surface area contributed by atoms with E-state index in [9.17, 15) is 8.78 Å². The zero-order chi connectivity index (χ0) is 24.5. The predicted molar refractivity (Wildman–Crippen MR) is 128 cm³/mol. The van der Waals surface area contributed by atoms with Gasteiger partial charge in [0.15, 0.2) is 11.5 Å². The van der Waals surface area contributed by atoms with Crippen molar-refractivity contribution in [3.8, 4) is 28.3 Å². The van der Waals surface area contributed by atoms with Crippen LogP contribution in [0.2, 0.25) is 5.02 Å². The zero-order valence-electron chi connectivity index (χ0n) is 18.6. The van der Waals surface area contributed by atoms with Crippen LogP contribution in [-0.2, 0) is 0 Å². The fraction of sp³-hybridized carbons (Fsp3) is 0.125. The molecule has 0 aliphatic heterocycles. The molecule has 5 aromatic rings. The molecule has 8 nitrogen and oxygen atoms in total. The molecule has 2 aromatic carbocycles. The maximum Gasteiger partial charge on any atom is 0.316 e. The van der Waals surface area contributed by atoms with Crippen molar-refractivity contribution in [3.05, 3.63) is 77.6 Å². The van der Waals surface area contributed by atoms with Gasteiger partial charge < -0.3 is 15.0 Å². The normalized spacial score (nSPS) is 12.0. The largest absolute Gasteiger partial charge is 0.467 e. The Morgan fingerprint density at radius 2 is 1.69 bits per heavy atom. The van der Waals surface area contributed by atoms with Gasteiger partial charge in [0.25, 0.3) is 0 Å². The molecule has 0 radical (unpaired) electrons. The van der Waals surface area contributed by atoms with Crippen molar-refractivity contribution in [2.24, 2.45) is 0 Å². The van der Waals surface area contributed by atoms with Gasteiger partial charge in [-0.15, -0.1) is 0 Å². The molecule has 0 spiro atoms. The molecule has 0 amide bonds. The second kappa shape index (κ2) is 9.22. The number of benzene rings is 2. The van der Waals surface area contributed by atoms with Gasteiger partial charge in [-0.3, -0.25) is 0 Å². The SMILES string of the molecule is COc1ncc(-c2cc(Cl)cc(C(C)Nc3ncnc4nc[nH]c34)c2-c2cc(F)cc(F)c2)cn1. The van der Waals surface area contributed by atoms with E-state index in [2.05, 4.69) is 35.2 Å². The predicted octanol–water partition coefficient (Wildman–Crippen LogP) is 5.59. The third-order valence-electron chi connectivity index (χ3n) is 5.45. The topological polar surface area (TPSA) is 101 Å². The van der Waals surface area contributed by atoms with Gasteiger partial charge in [0, 0.05) is 29.0 Å². The lowest BCUT2D eigenvalue weighted by Crippen LogP contribution is -2.11. The summed E-state index contributed by atoms with van der Waals surface area (Å²) in [6.07, 6.45) is 6.06. The van der Waals surface area contributed by atoms with Crippen molar-refractivity contribution in [1.29, 1.82) is 0 Å². The summed E-state index contributed by atoms with van der Waals surface area (Å²) in [7, 11) is 1.46. The van der Waals surface area contributed by atoms with Gasteiger partial charge in [0.1, 0.15) is 23.5 Å². The van der Waals surface area contributed by atoms with E-state index >= 15 is 0 Å². The van der Waals surface area contributed by atoms with Crippen LogP contribution >= 0.6 is 11.6 Å². The molecule has 0 saturated heterocycles. The van der Waals surface area contributed by atoms with Crippen LogP contribution in [0.5, 0.6) is 6.01 Å². The molecule has 3 aromatic heterocycles. The third-order valence-corrected chi connectivity index (χ3v) is 5.67. The molecule has 35 heavy (non-hydrogen) atoms. The first-order chi connectivity index (χ1) is 16.9. The first-order valence-corrected chi connectivity index (χ1v) is 10.9. The molecule has 0 saturated carbocycles. The lowest BCUT2D eigenvalue weighted by atomic mass is 9.88. The summed E-state index contributed by atoms with van der Waals surface area (Å²) in [6.45, 7) is 1.89. The molecule has 176 valence electrons. The molecule has 0 aliphatic rings. The molecule has 3 heterocycles. The summed E-state index contributed by atoms with van der Waals surface area (Å²) in [4.78, 5) is 24.0. The first-order valence-electron chi connectivity index (χ1n) is 10.5. The molecule has 11 heteroatoms. The highest BCUT2D eigenvalue weighted by Gasteiger charge is 2.21. The number of hydrogen-bond donors (Lipinski definition) is 2. The average Bonchev–Trinajstić information content (AvgIpc) is 3.33. The van der Waals surface area contributed by atoms with Crippen molar-refractivity contribution in [1.82, 2.24) is 29.9 Å². The van der Waals surface area contributed by atoms with E-state index in [1.54, 1.807) is 24.5 Å². The lowest BCUT2D eigenvalue weighted by Gasteiger charge is -2.22. The summed E-state index contributed by atoms with van der Waals surface area (Å²) >= 11 is 6.52. The van der Waals surface area contributed by atoms with Crippen molar-refractivity contribution in [2.75, 3.05) is 12.4 Å². The van der Waals surface area contributed by atoms with Gasteiger partial charge in [0.2, 0.25) is 0 Å². The second-order valence-corrected chi connectivity index (χ2v) is 8.16. The number of methoxy groups -OCH3 is 1. The Labute approximate surface area is 203 Å². The van der Waals surface area contributed by atoms with Crippen LogP contribution in [0.3, 0.4) is 0 Å². The maximum absolute atomic E-state index is 14.3. The van der Waals surface area contributed by atoms with E-state index in [1.165, 1.54) is 31.9 Å². The van der Waals surface area contributed by atoms with E-state index in [0.717, 1.165) is 6.07 Å². The number of ether oxygens (including phenoxy) is 1. The van der Waals surface area contributed by atoms with Gasteiger partial charge in [-0.1, -0.05) is 11.6 Å². The molecule has 5 rings (SSSR count). The fourth-order valence-electron chi connectivity index (χ4n) is 3.94. The number of anilines is 1. The third kappa shape index (κ3) is 4.47. The Morgan fingerprint density at radius 1 is 0.943 bits per heavy atom. The van der Waals surface area contributed by atoms with Crippen LogP contribution in [0.4, 0.5) is 14.6 Å². The summed E-state index contributed by atoms with van der Waals surface area (Å²) in [5.41, 5.74) is 3.91. The average molecular weight is 494 g/mol. The van der Waals surface area contributed by atoms with Gasteiger partial charge >= 0.3 is 6.01 Å². The molecule has 1 atom stereocenters. The summed E-state index contributed by atoms with van der Waals surface area (Å²) in [5.74, 6) is -0.882.